The molecule has 2 atom stereocenters. The van der Waals surface area contributed by atoms with E-state index in [4.69, 9.17) is 9.97 Å². The number of aryl methyl sites for hydroxylation is 3. The van der Waals surface area contributed by atoms with Crippen LogP contribution in [0.15, 0.2) is 24.8 Å². The van der Waals surface area contributed by atoms with Gasteiger partial charge in [0.1, 0.15) is 0 Å². The van der Waals surface area contributed by atoms with Gasteiger partial charge in [0, 0.05) is 77.3 Å². The zero-order valence-corrected chi connectivity index (χ0v) is 29.7. The zero-order valence-electron chi connectivity index (χ0n) is 29.7. The summed E-state index contributed by atoms with van der Waals surface area (Å²) >= 11 is 0. The summed E-state index contributed by atoms with van der Waals surface area (Å²) in [7, 11) is 8.51. The molecule has 3 aromatic heterocycles. The van der Waals surface area contributed by atoms with Crippen LogP contribution in [0.25, 0.3) is 39.8 Å². The second-order valence-electron chi connectivity index (χ2n) is 14.4. The number of fused-ring (bicyclic) bond motifs is 8. The predicted octanol–water partition coefficient (Wildman–Crippen LogP) is 8.23. The van der Waals surface area contributed by atoms with Gasteiger partial charge in [-0.25, -0.2) is 4.98 Å². The van der Waals surface area contributed by atoms with Crippen LogP contribution in [0.2, 0.25) is 0 Å². The van der Waals surface area contributed by atoms with Crippen molar-refractivity contribution < 1.29 is 9.28 Å². The van der Waals surface area contributed by atoms with E-state index in [-0.39, 0.29) is 17.7 Å². The monoisotopic (exact) mass is 621 g/mol. The van der Waals surface area contributed by atoms with Crippen molar-refractivity contribution in [2.75, 3.05) is 41.3 Å². The van der Waals surface area contributed by atoms with Crippen molar-refractivity contribution >= 4 is 45.7 Å². The lowest BCUT2D eigenvalue weighted by Gasteiger charge is -2.26. The maximum absolute atomic E-state index is 13.3. The van der Waals surface area contributed by atoms with Crippen molar-refractivity contribution in [2.45, 2.75) is 79.1 Å². The number of amides is 1. The Morgan fingerprint density at radius 2 is 1.67 bits per heavy atom. The molecular weight excluding hydrogens is 568 g/mol. The van der Waals surface area contributed by atoms with Crippen molar-refractivity contribution in [3.05, 3.63) is 75.4 Å². The Hall–Kier alpha value is -3.97. The maximum Gasteiger partial charge on any atom is 0.222 e. The van der Waals surface area contributed by atoms with E-state index in [2.05, 4.69) is 104 Å². The highest BCUT2D eigenvalue weighted by atomic mass is 16.2. The minimum absolute atomic E-state index is 0.120. The normalized spacial score (nSPS) is 16.4. The topological polar surface area (TPSA) is 77.7 Å². The number of carbonyl (C=O) groups is 1. The molecule has 0 saturated carbocycles. The molecule has 3 aromatic rings. The van der Waals surface area contributed by atoms with Crippen LogP contribution >= 0.6 is 0 Å². The lowest BCUT2D eigenvalue weighted by Crippen LogP contribution is -2.38. The third-order valence-electron chi connectivity index (χ3n) is 10.1. The number of carbonyl (C=O) groups excluding carboxylic acids is 1. The van der Waals surface area contributed by atoms with Gasteiger partial charge >= 0.3 is 0 Å². The molecule has 2 aliphatic heterocycles. The Morgan fingerprint density at radius 1 is 0.978 bits per heavy atom. The molecule has 0 saturated heterocycles. The molecule has 8 bridgehead atoms. The molecule has 0 aromatic carbocycles. The molecule has 5 rings (SSSR count). The SMILES string of the molecule is C=Cc1c(C)c2cc3nc(c(C)c4nc(cc5[nH]c(cc1[nH]2)c(C)c5CC)C(C)=C4)[C@@H](CCC(=O)N(C)CCC[N+](C)(C)C)[C@@H]3C. The molecule has 244 valence electrons. The van der Waals surface area contributed by atoms with E-state index in [1.54, 1.807) is 0 Å². The predicted molar refractivity (Wildman–Crippen MR) is 194 cm³/mol. The van der Waals surface area contributed by atoms with E-state index in [0.29, 0.717) is 6.42 Å². The first-order valence-corrected chi connectivity index (χ1v) is 16.8. The van der Waals surface area contributed by atoms with Crippen LogP contribution in [-0.4, -0.2) is 76.5 Å². The zero-order chi connectivity index (χ0) is 33.5. The summed E-state index contributed by atoms with van der Waals surface area (Å²) in [6.45, 7) is 19.0. The second-order valence-corrected chi connectivity index (χ2v) is 14.4. The van der Waals surface area contributed by atoms with Gasteiger partial charge in [0.25, 0.3) is 0 Å². The number of H-pyrrole nitrogens is 2. The Morgan fingerprint density at radius 3 is 2.35 bits per heavy atom. The Bertz CT molecular complexity index is 1870. The third-order valence-corrected chi connectivity index (χ3v) is 10.1. The highest BCUT2D eigenvalue weighted by Gasteiger charge is 2.32. The van der Waals surface area contributed by atoms with Crippen LogP contribution in [0.4, 0.5) is 0 Å². The van der Waals surface area contributed by atoms with Crippen LogP contribution in [-0.2, 0) is 11.2 Å². The van der Waals surface area contributed by atoms with Crippen molar-refractivity contribution in [3.63, 3.8) is 0 Å². The van der Waals surface area contributed by atoms with Crippen molar-refractivity contribution in [2.24, 2.45) is 0 Å². The molecule has 46 heavy (non-hydrogen) atoms. The molecule has 0 spiro atoms. The van der Waals surface area contributed by atoms with E-state index >= 15 is 0 Å². The fourth-order valence-electron chi connectivity index (χ4n) is 7.06. The number of quaternary nitrogens is 1. The van der Waals surface area contributed by atoms with Gasteiger partial charge < -0.3 is 19.4 Å². The molecule has 0 radical (unpaired) electrons. The highest BCUT2D eigenvalue weighted by Crippen LogP contribution is 2.42. The van der Waals surface area contributed by atoms with Crippen molar-refractivity contribution in [1.29, 1.82) is 0 Å². The number of aromatic amines is 2. The van der Waals surface area contributed by atoms with E-state index in [0.717, 1.165) is 104 Å². The number of aromatic nitrogens is 4. The molecule has 2 N–H and O–H groups in total. The number of nitrogens with zero attached hydrogens (tertiary/aromatic N) is 4. The average molecular weight is 622 g/mol. The summed E-state index contributed by atoms with van der Waals surface area (Å²) in [5.41, 5.74) is 15.3. The summed E-state index contributed by atoms with van der Waals surface area (Å²) in [5, 5.41) is 0. The first-order chi connectivity index (χ1) is 21.7. The van der Waals surface area contributed by atoms with Crippen LogP contribution in [0, 0.1) is 20.8 Å². The molecule has 5 heterocycles. The number of hydrogen-bond acceptors (Lipinski definition) is 3. The van der Waals surface area contributed by atoms with E-state index in [1.165, 1.54) is 11.1 Å². The van der Waals surface area contributed by atoms with Gasteiger partial charge in [0.2, 0.25) is 5.91 Å². The molecule has 2 aliphatic rings. The van der Waals surface area contributed by atoms with Crippen LogP contribution in [0.3, 0.4) is 0 Å². The molecule has 7 nitrogen and oxygen atoms in total. The fourth-order valence-corrected chi connectivity index (χ4v) is 7.06. The molecule has 0 fully saturated rings. The first-order valence-electron chi connectivity index (χ1n) is 16.8. The fraction of sp³-hybridized carbons (Fsp3) is 0.462. The Balaban J connectivity index is 1.65. The lowest BCUT2D eigenvalue weighted by atomic mass is 9.85. The largest absolute Gasteiger partial charge is 0.355 e. The van der Waals surface area contributed by atoms with E-state index in [1.807, 2.05) is 18.0 Å². The highest BCUT2D eigenvalue weighted by molar-refractivity contribution is 5.86. The number of allylic oxidation sites excluding steroid dienone is 1. The van der Waals surface area contributed by atoms with E-state index < -0.39 is 0 Å². The lowest BCUT2D eigenvalue weighted by molar-refractivity contribution is -0.870. The van der Waals surface area contributed by atoms with Crippen LogP contribution < -0.4 is 0 Å². The summed E-state index contributed by atoms with van der Waals surface area (Å²) in [5.74, 6) is 0.472. The third kappa shape index (κ3) is 6.61. The van der Waals surface area contributed by atoms with E-state index in [9.17, 15) is 4.79 Å². The van der Waals surface area contributed by atoms with Gasteiger partial charge in [-0.05, 0) is 92.6 Å². The van der Waals surface area contributed by atoms with Crippen LogP contribution in [0.5, 0.6) is 0 Å². The van der Waals surface area contributed by atoms with Gasteiger partial charge in [0.15, 0.2) is 0 Å². The quantitative estimate of drug-likeness (QED) is 0.236. The molecular formula is C39H53N6O+. The standard InChI is InChI=1S/C39H53N6O/c1-12-28-25(5)34-22-37-29(13-2)24(4)33(41-37)21-35-26(6)30(15-16-38(46)44(8)17-14-18-45(9,10)11)39(43-35)27(7)32-19-23(3)31(40-32)20-36(28)42-34/h13,19-22,26,30,41-42H,2,12,14-18H2,1,3-11H3/q+1/t26-,30-/m0/s1. The van der Waals surface area contributed by atoms with Gasteiger partial charge in [-0.3, -0.25) is 9.78 Å². The Labute approximate surface area is 275 Å². The molecule has 0 aliphatic carbocycles. The number of rotatable bonds is 9. The summed E-state index contributed by atoms with van der Waals surface area (Å²) in [6, 6.07) is 6.60. The van der Waals surface area contributed by atoms with Gasteiger partial charge in [-0.2, -0.15) is 0 Å². The molecule has 7 heteroatoms. The van der Waals surface area contributed by atoms with Gasteiger partial charge in [0.05, 0.1) is 39.1 Å². The molecule has 0 unspecified atom stereocenters. The average Bonchev–Trinajstić information content (AvgIpc) is 3.69. The first kappa shape index (κ1) is 33.4. The minimum atomic E-state index is 0.120. The van der Waals surface area contributed by atoms with Crippen molar-refractivity contribution in [3.8, 4) is 0 Å². The maximum atomic E-state index is 13.3. The summed E-state index contributed by atoms with van der Waals surface area (Å²) in [6.07, 6.45) is 7.28. The second kappa shape index (κ2) is 13.0. The summed E-state index contributed by atoms with van der Waals surface area (Å²) < 4.78 is 0.903. The van der Waals surface area contributed by atoms with Gasteiger partial charge in [-0.1, -0.05) is 26.5 Å². The number of hydrogen-bond donors (Lipinski definition) is 2. The smallest absolute Gasteiger partial charge is 0.222 e. The minimum Gasteiger partial charge on any atom is -0.355 e. The van der Waals surface area contributed by atoms with Crippen LogP contribution in [0.1, 0.15) is 102 Å². The Kier molecular flexibility index (Phi) is 9.46. The van der Waals surface area contributed by atoms with Gasteiger partial charge in [-0.15, -0.1) is 0 Å². The number of nitrogens with one attached hydrogen (secondary N) is 2. The summed E-state index contributed by atoms with van der Waals surface area (Å²) in [4.78, 5) is 33.1. The van der Waals surface area contributed by atoms with Crippen molar-refractivity contribution in [1.82, 2.24) is 24.8 Å². The molecule has 1 amide bonds.